The van der Waals surface area contributed by atoms with Gasteiger partial charge >= 0.3 is 0 Å². The molecule has 0 aliphatic rings. The van der Waals surface area contributed by atoms with Gasteiger partial charge in [-0.15, -0.1) is 0 Å². The van der Waals surface area contributed by atoms with Crippen molar-refractivity contribution in [2.75, 3.05) is 0 Å². The van der Waals surface area contributed by atoms with Crippen LogP contribution in [0.15, 0.2) is 0 Å². The minimum atomic E-state index is 0. The summed E-state index contributed by atoms with van der Waals surface area (Å²) in [5, 5.41) is 9.69. The van der Waals surface area contributed by atoms with E-state index >= 15 is 0 Å². The third-order valence-corrected chi connectivity index (χ3v) is 2.96. The minimum absolute atomic E-state index is 0. The standard InChI is InChI=1S/C11H16O.V/c1-6-7(2)9(4)11(12)10(5)8(6)3;/h12H,1-5H3;. The second-order valence-corrected chi connectivity index (χ2v) is 3.47. The smallest absolute Gasteiger partial charge is 0.121 e. The first kappa shape index (κ1) is 12.6. The van der Waals surface area contributed by atoms with Crippen molar-refractivity contribution in [3.8, 4) is 5.75 Å². The summed E-state index contributed by atoms with van der Waals surface area (Å²) in [7, 11) is 0. The van der Waals surface area contributed by atoms with Gasteiger partial charge < -0.3 is 5.11 Å². The summed E-state index contributed by atoms with van der Waals surface area (Å²) >= 11 is 0. The molecule has 0 spiro atoms. The largest absolute Gasteiger partial charge is 0.507 e. The molecule has 0 heterocycles. The SMILES string of the molecule is Cc1c(C)c(C)c(O)c(C)c1C.[V]. The van der Waals surface area contributed by atoms with Gasteiger partial charge in [-0.05, 0) is 62.4 Å². The van der Waals surface area contributed by atoms with E-state index in [1.807, 2.05) is 13.8 Å². The summed E-state index contributed by atoms with van der Waals surface area (Å²) in [6, 6.07) is 0. The number of phenolic OH excluding ortho intramolecular Hbond substituents is 1. The Morgan fingerprint density at radius 1 is 0.615 bits per heavy atom. The molecule has 1 aromatic rings. The van der Waals surface area contributed by atoms with E-state index in [0.717, 1.165) is 11.1 Å². The van der Waals surface area contributed by atoms with Crippen molar-refractivity contribution in [2.24, 2.45) is 0 Å². The van der Waals surface area contributed by atoms with Gasteiger partial charge in [0, 0.05) is 18.6 Å². The quantitative estimate of drug-likeness (QED) is 0.705. The molecule has 2 heteroatoms. The van der Waals surface area contributed by atoms with E-state index in [0.29, 0.717) is 5.75 Å². The third kappa shape index (κ3) is 1.92. The number of benzene rings is 1. The first-order valence-corrected chi connectivity index (χ1v) is 4.22. The average Bonchev–Trinajstić information content (AvgIpc) is 2.08. The number of rotatable bonds is 0. The molecule has 0 fully saturated rings. The third-order valence-electron chi connectivity index (χ3n) is 2.96. The molecule has 1 nitrogen and oxygen atoms in total. The molecule has 1 aromatic carbocycles. The fraction of sp³-hybridized carbons (Fsp3) is 0.455. The molecule has 1 radical (unpaired) electrons. The normalized spacial score (nSPS) is 9.62. The maximum Gasteiger partial charge on any atom is 0.121 e. The molecule has 1 rings (SSSR count). The molecular weight excluding hydrogens is 199 g/mol. The van der Waals surface area contributed by atoms with Crippen LogP contribution in [0.4, 0.5) is 0 Å². The number of hydrogen-bond donors (Lipinski definition) is 1. The van der Waals surface area contributed by atoms with Gasteiger partial charge in [-0.1, -0.05) is 0 Å². The Morgan fingerprint density at radius 2 is 0.846 bits per heavy atom. The van der Waals surface area contributed by atoms with E-state index in [9.17, 15) is 5.11 Å². The van der Waals surface area contributed by atoms with E-state index < -0.39 is 0 Å². The van der Waals surface area contributed by atoms with Crippen LogP contribution in [0.2, 0.25) is 0 Å². The van der Waals surface area contributed by atoms with Crippen molar-refractivity contribution in [1.29, 1.82) is 0 Å². The monoisotopic (exact) mass is 215 g/mol. The first-order chi connectivity index (χ1) is 5.46. The summed E-state index contributed by atoms with van der Waals surface area (Å²) in [5.41, 5.74) is 5.72. The molecule has 13 heavy (non-hydrogen) atoms. The van der Waals surface area contributed by atoms with Crippen LogP contribution < -0.4 is 0 Å². The van der Waals surface area contributed by atoms with Crippen LogP contribution in [0.1, 0.15) is 27.8 Å². The van der Waals surface area contributed by atoms with E-state index in [4.69, 9.17) is 0 Å². The molecule has 0 saturated heterocycles. The number of hydrogen-bond acceptors (Lipinski definition) is 1. The Morgan fingerprint density at radius 3 is 1.15 bits per heavy atom. The topological polar surface area (TPSA) is 20.2 Å². The van der Waals surface area contributed by atoms with Gasteiger partial charge in [0.15, 0.2) is 0 Å². The Kier molecular flexibility index (Phi) is 4.08. The van der Waals surface area contributed by atoms with E-state index in [-0.39, 0.29) is 18.6 Å². The Bertz CT molecular complexity index is 224. The molecule has 0 saturated carbocycles. The fourth-order valence-corrected chi connectivity index (χ4v) is 1.48. The maximum absolute atomic E-state index is 9.69. The van der Waals surface area contributed by atoms with Crippen LogP contribution in [0.3, 0.4) is 0 Å². The predicted molar refractivity (Wildman–Crippen MR) is 51.8 cm³/mol. The first-order valence-electron chi connectivity index (χ1n) is 4.22. The van der Waals surface area contributed by atoms with Gasteiger partial charge in [0.05, 0.1) is 0 Å². The zero-order valence-corrected chi connectivity index (χ0v) is 10.3. The van der Waals surface area contributed by atoms with Crippen molar-refractivity contribution in [1.82, 2.24) is 0 Å². The second-order valence-electron chi connectivity index (χ2n) is 3.47. The average molecular weight is 215 g/mol. The second kappa shape index (κ2) is 4.21. The van der Waals surface area contributed by atoms with Crippen LogP contribution in [-0.4, -0.2) is 5.11 Å². The van der Waals surface area contributed by atoms with Crippen LogP contribution in [0.5, 0.6) is 5.75 Å². The van der Waals surface area contributed by atoms with Crippen LogP contribution in [-0.2, 0) is 18.6 Å². The zero-order valence-electron chi connectivity index (χ0n) is 8.89. The van der Waals surface area contributed by atoms with Gasteiger partial charge in [-0.2, -0.15) is 0 Å². The van der Waals surface area contributed by atoms with Crippen LogP contribution in [0.25, 0.3) is 0 Å². The minimum Gasteiger partial charge on any atom is -0.507 e. The number of aromatic hydroxyl groups is 1. The van der Waals surface area contributed by atoms with Gasteiger partial charge in [0.1, 0.15) is 5.75 Å². The molecule has 0 amide bonds. The van der Waals surface area contributed by atoms with E-state index in [2.05, 4.69) is 20.8 Å². The van der Waals surface area contributed by atoms with Crippen molar-refractivity contribution in [2.45, 2.75) is 34.6 Å². The van der Waals surface area contributed by atoms with Crippen molar-refractivity contribution >= 4 is 0 Å². The fourth-order valence-electron chi connectivity index (χ4n) is 1.48. The molecule has 0 aliphatic heterocycles. The summed E-state index contributed by atoms with van der Waals surface area (Å²) in [5.74, 6) is 0.454. The molecule has 0 atom stereocenters. The van der Waals surface area contributed by atoms with Gasteiger partial charge in [-0.25, -0.2) is 0 Å². The zero-order chi connectivity index (χ0) is 9.46. The molecular formula is C11H16OV. The van der Waals surface area contributed by atoms with Gasteiger partial charge in [0.25, 0.3) is 0 Å². The molecule has 1 N–H and O–H groups in total. The van der Waals surface area contributed by atoms with Crippen molar-refractivity contribution < 1.29 is 23.7 Å². The predicted octanol–water partition coefficient (Wildman–Crippen LogP) is 2.93. The summed E-state index contributed by atoms with van der Waals surface area (Å²) in [6.45, 7) is 10.1. The summed E-state index contributed by atoms with van der Waals surface area (Å²) in [6.07, 6.45) is 0. The number of phenols is 1. The van der Waals surface area contributed by atoms with Gasteiger partial charge in [-0.3, -0.25) is 0 Å². The molecule has 0 aromatic heterocycles. The summed E-state index contributed by atoms with van der Waals surface area (Å²) in [4.78, 5) is 0. The Hall–Kier alpha value is -0.396. The van der Waals surface area contributed by atoms with E-state index in [1.54, 1.807) is 0 Å². The van der Waals surface area contributed by atoms with Crippen molar-refractivity contribution in [3.05, 3.63) is 27.8 Å². The van der Waals surface area contributed by atoms with Crippen molar-refractivity contribution in [3.63, 3.8) is 0 Å². The van der Waals surface area contributed by atoms with Gasteiger partial charge in [0.2, 0.25) is 0 Å². The summed E-state index contributed by atoms with van der Waals surface area (Å²) < 4.78 is 0. The molecule has 0 aliphatic carbocycles. The Balaban J connectivity index is 0.00000144. The van der Waals surface area contributed by atoms with Crippen LogP contribution >= 0.6 is 0 Å². The molecule has 0 bridgehead atoms. The molecule has 71 valence electrons. The van der Waals surface area contributed by atoms with E-state index in [1.165, 1.54) is 16.7 Å². The Labute approximate surface area is 92.1 Å². The van der Waals surface area contributed by atoms with Crippen LogP contribution in [0, 0.1) is 34.6 Å². The maximum atomic E-state index is 9.69. The molecule has 0 unspecified atom stereocenters.